The standard InChI is InChI=1S/C25H33F5N4O4S/c1-4-34-22(19-10-7-17(11-14(2)25(28,29)30)12-20(19)38-24(26)27)15(3)21(33-34)23(35)32-13-16-5-8-18(9-6-16)39(31,36)37/h7,10,12,14,16,18,24H,4-6,8-9,11,13H2,1-3H3,(H,32,35)(H2,31,36,37). The SMILES string of the molecule is CCn1nc(C(=O)NCC2CCC(S(N)(=O)=O)CC2)c(C)c1-c1ccc(CC(C)C(F)(F)F)cc1OC(F)F. The lowest BCUT2D eigenvalue weighted by Crippen LogP contribution is -2.36. The van der Waals surface area contributed by atoms with E-state index in [1.807, 2.05) is 0 Å². The van der Waals surface area contributed by atoms with Gasteiger partial charge in [0.05, 0.1) is 16.9 Å². The Morgan fingerprint density at radius 1 is 1.23 bits per heavy atom. The molecule has 1 heterocycles. The van der Waals surface area contributed by atoms with Crippen molar-refractivity contribution < 1.29 is 39.9 Å². The van der Waals surface area contributed by atoms with E-state index in [4.69, 9.17) is 5.14 Å². The van der Waals surface area contributed by atoms with Gasteiger partial charge in [-0.15, -0.1) is 0 Å². The molecule has 1 aliphatic carbocycles. The van der Waals surface area contributed by atoms with Crippen molar-refractivity contribution in [1.29, 1.82) is 0 Å². The number of nitrogens with zero attached hydrogens (tertiary/aromatic N) is 2. The zero-order chi connectivity index (χ0) is 29.1. The first-order valence-corrected chi connectivity index (χ1v) is 14.2. The minimum absolute atomic E-state index is 0.0673. The summed E-state index contributed by atoms with van der Waals surface area (Å²) >= 11 is 0. The van der Waals surface area contributed by atoms with Crippen LogP contribution >= 0.6 is 0 Å². The number of primary sulfonamides is 1. The van der Waals surface area contributed by atoms with Gasteiger partial charge < -0.3 is 10.1 Å². The molecule has 1 aromatic carbocycles. The molecule has 0 aliphatic heterocycles. The number of aryl methyl sites for hydroxylation is 1. The quantitative estimate of drug-likeness (QED) is 0.392. The molecule has 0 saturated heterocycles. The van der Waals surface area contributed by atoms with E-state index in [1.165, 1.54) is 16.8 Å². The number of rotatable bonds is 10. The summed E-state index contributed by atoms with van der Waals surface area (Å²) in [5.41, 5.74) is 1.15. The predicted molar refractivity (Wildman–Crippen MR) is 135 cm³/mol. The summed E-state index contributed by atoms with van der Waals surface area (Å²) in [5.74, 6) is -2.41. The largest absolute Gasteiger partial charge is 0.434 e. The van der Waals surface area contributed by atoms with Gasteiger partial charge in [-0.05, 0) is 69.6 Å². The monoisotopic (exact) mass is 580 g/mol. The Kier molecular flexibility index (Phi) is 9.63. The highest BCUT2D eigenvalue weighted by Crippen LogP contribution is 2.37. The van der Waals surface area contributed by atoms with Gasteiger partial charge in [0.15, 0.2) is 5.69 Å². The molecule has 14 heteroatoms. The zero-order valence-corrected chi connectivity index (χ0v) is 22.7. The van der Waals surface area contributed by atoms with Crippen molar-refractivity contribution in [2.75, 3.05) is 6.54 Å². The normalized spacial score (nSPS) is 19.2. The summed E-state index contributed by atoms with van der Waals surface area (Å²) in [6.45, 7) is 1.72. The van der Waals surface area contributed by atoms with Crippen molar-refractivity contribution in [1.82, 2.24) is 15.1 Å². The van der Waals surface area contributed by atoms with Crippen LogP contribution in [0.25, 0.3) is 11.3 Å². The molecule has 39 heavy (non-hydrogen) atoms. The van der Waals surface area contributed by atoms with Crippen molar-refractivity contribution in [2.45, 2.75) is 77.5 Å². The van der Waals surface area contributed by atoms with Gasteiger partial charge in [-0.2, -0.15) is 27.1 Å². The molecule has 218 valence electrons. The van der Waals surface area contributed by atoms with Gasteiger partial charge in [-0.3, -0.25) is 9.48 Å². The van der Waals surface area contributed by atoms with E-state index >= 15 is 0 Å². The molecule has 1 atom stereocenters. The number of nitrogens with one attached hydrogen (secondary N) is 1. The summed E-state index contributed by atoms with van der Waals surface area (Å²) < 4.78 is 94.9. The van der Waals surface area contributed by atoms with Gasteiger partial charge in [0.2, 0.25) is 10.0 Å². The zero-order valence-electron chi connectivity index (χ0n) is 21.9. The number of alkyl halides is 5. The van der Waals surface area contributed by atoms with Crippen LogP contribution in [0.2, 0.25) is 0 Å². The molecular formula is C25H33F5N4O4S. The van der Waals surface area contributed by atoms with Crippen LogP contribution in [-0.4, -0.2) is 48.7 Å². The Bertz CT molecular complexity index is 1270. The van der Waals surface area contributed by atoms with Crippen LogP contribution in [0.5, 0.6) is 5.75 Å². The minimum Gasteiger partial charge on any atom is -0.434 e. The fourth-order valence-electron chi connectivity index (χ4n) is 4.87. The Hall–Kier alpha value is -2.74. The van der Waals surface area contributed by atoms with Gasteiger partial charge in [0.25, 0.3) is 5.91 Å². The minimum atomic E-state index is -4.44. The lowest BCUT2D eigenvalue weighted by Gasteiger charge is -2.27. The Morgan fingerprint density at radius 3 is 2.41 bits per heavy atom. The maximum Gasteiger partial charge on any atom is 0.391 e. The molecule has 0 spiro atoms. The highest BCUT2D eigenvalue weighted by Gasteiger charge is 2.36. The van der Waals surface area contributed by atoms with Gasteiger partial charge in [0, 0.05) is 24.2 Å². The van der Waals surface area contributed by atoms with Crippen molar-refractivity contribution in [2.24, 2.45) is 17.0 Å². The summed E-state index contributed by atoms with van der Waals surface area (Å²) in [5, 5.41) is 11.8. The number of halogens is 5. The van der Waals surface area contributed by atoms with Gasteiger partial charge in [-0.1, -0.05) is 13.0 Å². The smallest absolute Gasteiger partial charge is 0.391 e. The average Bonchev–Trinajstić information content (AvgIpc) is 3.17. The third kappa shape index (κ3) is 7.68. The third-order valence-electron chi connectivity index (χ3n) is 7.13. The number of amides is 1. The molecule has 8 nitrogen and oxygen atoms in total. The van der Waals surface area contributed by atoms with Crippen LogP contribution in [0, 0.1) is 18.8 Å². The molecule has 1 amide bonds. The van der Waals surface area contributed by atoms with Crippen LogP contribution in [0.15, 0.2) is 18.2 Å². The third-order valence-corrected chi connectivity index (χ3v) is 8.53. The molecule has 1 aromatic heterocycles. The number of hydrogen-bond acceptors (Lipinski definition) is 5. The molecule has 0 bridgehead atoms. The highest BCUT2D eigenvalue weighted by molar-refractivity contribution is 7.89. The molecule has 3 N–H and O–H groups in total. The van der Waals surface area contributed by atoms with Crippen LogP contribution < -0.4 is 15.2 Å². The van der Waals surface area contributed by atoms with Crippen LogP contribution in [-0.2, 0) is 23.0 Å². The predicted octanol–water partition coefficient (Wildman–Crippen LogP) is 4.80. The summed E-state index contributed by atoms with van der Waals surface area (Å²) in [6, 6.07) is 3.98. The van der Waals surface area contributed by atoms with E-state index in [2.05, 4.69) is 15.2 Å². The van der Waals surface area contributed by atoms with E-state index in [1.54, 1.807) is 13.8 Å². The van der Waals surface area contributed by atoms with Gasteiger partial charge in [0.1, 0.15) is 5.75 Å². The van der Waals surface area contributed by atoms with Crippen LogP contribution in [0.3, 0.4) is 0 Å². The van der Waals surface area contributed by atoms with Crippen molar-refractivity contribution in [3.05, 3.63) is 35.0 Å². The number of benzene rings is 1. The fraction of sp³-hybridized carbons (Fsp3) is 0.600. The summed E-state index contributed by atoms with van der Waals surface area (Å²) in [7, 11) is -3.59. The molecule has 3 rings (SSSR count). The number of ether oxygens (including phenoxy) is 1. The molecule has 1 saturated carbocycles. The summed E-state index contributed by atoms with van der Waals surface area (Å²) in [6.07, 6.45) is -2.85. The van der Waals surface area contributed by atoms with Crippen molar-refractivity contribution in [3.8, 4) is 17.0 Å². The molecule has 1 unspecified atom stereocenters. The molecular weight excluding hydrogens is 547 g/mol. The second kappa shape index (κ2) is 12.2. The lowest BCUT2D eigenvalue weighted by molar-refractivity contribution is -0.169. The van der Waals surface area contributed by atoms with Gasteiger partial charge >= 0.3 is 12.8 Å². The molecule has 0 radical (unpaired) electrons. The highest BCUT2D eigenvalue weighted by atomic mass is 32.2. The number of sulfonamides is 1. The Morgan fingerprint density at radius 2 is 1.87 bits per heavy atom. The number of carbonyl (C=O) groups excluding carboxylic acids is 1. The first-order valence-electron chi connectivity index (χ1n) is 12.6. The van der Waals surface area contributed by atoms with E-state index in [0.29, 0.717) is 43.5 Å². The topological polar surface area (TPSA) is 116 Å². The fourth-order valence-corrected chi connectivity index (χ4v) is 5.80. The summed E-state index contributed by atoms with van der Waals surface area (Å²) in [4.78, 5) is 13.0. The molecule has 2 aromatic rings. The van der Waals surface area contributed by atoms with Gasteiger partial charge in [-0.25, -0.2) is 13.6 Å². The second-order valence-corrected chi connectivity index (χ2v) is 11.8. The number of hydrogen-bond donors (Lipinski definition) is 2. The van der Waals surface area contributed by atoms with E-state index < -0.39 is 46.3 Å². The van der Waals surface area contributed by atoms with Crippen molar-refractivity contribution in [3.63, 3.8) is 0 Å². The van der Waals surface area contributed by atoms with E-state index in [9.17, 15) is 35.2 Å². The first kappa shape index (κ1) is 30.8. The Labute approximate surface area is 224 Å². The van der Waals surface area contributed by atoms with Crippen LogP contribution in [0.1, 0.15) is 61.1 Å². The van der Waals surface area contributed by atoms with E-state index in [-0.39, 0.29) is 35.0 Å². The Balaban J connectivity index is 1.83. The molecule has 1 aliphatic rings. The number of nitrogens with two attached hydrogens (primary N) is 1. The lowest BCUT2D eigenvalue weighted by atomic mass is 9.89. The first-order chi connectivity index (χ1) is 18.1. The van der Waals surface area contributed by atoms with Crippen LogP contribution in [0.4, 0.5) is 22.0 Å². The number of carbonyl (C=O) groups is 1. The van der Waals surface area contributed by atoms with E-state index in [0.717, 1.165) is 13.0 Å². The number of aromatic nitrogens is 2. The second-order valence-electron chi connectivity index (χ2n) is 9.94. The molecule has 1 fully saturated rings. The maximum atomic E-state index is 13.3. The van der Waals surface area contributed by atoms with Crippen molar-refractivity contribution >= 4 is 15.9 Å². The maximum absolute atomic E-state index is 13.3. The average molecular weight is 581 g/mol.